The molecule has 1 aliphatic carbocycles. The van der Waals surface area contributed by atoms with Crippen molar-refractivity contribution >= 4 is 29.9 Å². The molecule has 6 heteroatoms. The number of rotatable bonds is 7. The molecule has 1 saturated carbocycles. The van der Waals surface area contributed by atoms with Gasteiger partial charge in [0.2, 0.25) is 5.88 Å². The Bertz CT molecular complexity index is 731. The molecule has 3 rings (SSSR count). The number of halogens is 1. The summed E-state index contributed by atoms with van der Waals surface area (Å²) in [4.78, 5) is 8.55. The van der Waals surface area contributed by atoms with Crippen molar-refractivity contribution in [2.45, 2.75) is 32.9 Å². The zero-order valence-corrected chi connectivity index (χ0v) is 17.7. The van der Waals surface area contributed by atoms with Crippen molar-refractivity contribution in [2.24, 2.45) is 10.9 Å². The van der Waals surface area contributed by atoms with E-state index in [0.717, 1.165) is 30.6 Å². The maximum atomic E-state index is 5.74. The molecular formula is C20H27IN4O. The van der Waals surface area contributed by atoms with Crippen molar-refractivity contribution in [3.8, 4) is 5.88 Å². The highest BCUT2D eigenvalue weighted by Crippen LogP contribution is 2.29. The molecule has 1 aromatic heterocycles. The molecule has 140 valence electrons. The van der Waals surface area contributed by atoms with Crippen LogP contribution in [0.3, 0.4) is 0 Å². The van der Waals surface area contributed by atoms with E-state index in [4.69, 9.17) is 4.74 Å². The molecule has 0 bridgehead atoms. The van der Waals surface area contributed by atoms with E-state index in [9.17, 15) is 0 Å². The molecule has 1 aromatic carbocycles. The quantitative estimate of drug-likeness (QED) is 0.372. The van der Waals surface area contributed by atoms with E-state index in [1.165, 1.54) is 24.0 Å². The number of hydrogen-bond donors (Lipinski definition) is 2. The second kappa shape index (κ2) is 10.4. The molecule has 5 nitrogen and oxygen atoms in total. The standard InChI is InChI=1S/C20H26N4O.HI/c1-15-4-3-5-17(10-15)12-23-20(21-2)24-13-18-8-9-22-19(11-18)25-14-16-6-7-16;/h3-5,8-11,16H,6-7,12-14H2,1-2H3,(H2,21,23,24);1H. The van der Waals surface area contributed by atoms with Gasteiger partial charge in [-0.1, -0.05) is 29.8 Å². The number of guanidine groups is 1. The first-order valence-electron chi connectivity index (χ1n) is 8.81. The lowest BCUT2D eigenvalue weighted by atomic mass is 10.1. The van der Waals surface area contributed by atoms with Gasteiger partial charge >= 0.3 is 0 Å². The molecule has 26 heavy (non-hydrogen) atoms. The SMILES string of the molecule is CN=C(NCc1cccc(C)c1)NCc1ccnc(OCC2CC2)c1.I. The molecule has 0 aliphatic heterocycles. The van der Waals surface area contributed by atoms with Gasteiger partial charge in [-0.15, -0.1) is 24.0 Å². The summed E-state index contributed by atoms with van der Waals surface area (Å²) in [6.45, 7) is 4.30. The summed E-state index contributed by atoms with van der Waals surface area (Å²) < 4.78 is 5.74. The number of hydrogen-bond acceptors (Lipinski definition) is 3. The fraction of sp³-hybridized carbons (Fsp3) is 0.400. The zero-order chi connectivity index (χ0) is 17.5. The Morgan fingerprint density at radius 3 is 2.54 bits per heavy atom. The number of aliphatic imine (C=N–C) groups is 1. The topological polar surface area (TPSA) is 58.5 Å². The fourth-order valence-electron chi connectivity index (χ4n) is 2.54. The Morgan fingerprint density at radius 1 is 1.15 bits per heavy atom. The van der Waals surface area contributed by atoms with Crippen LogP contribution >= 0.6 is 24.0 Å². The minimum absolute atomic E-state index is 0. The summed E-state index contributed by atoms with van der Waals surface area (Å²) in [5, 5.41) is 6.67. The molecule has 0 amide bonds. The maximum absolute atomic E-state index is 5.74. The van der Waals surface area contributed by atoms with Crippen molar-refractivity contribution < 1.29 is 4.74 Å². The first-order valence-corrected chi connectivity index (χ1v) is 8.81. The predicted octanol–water partition coefficient (Wildman–Crippen LogP) is 3.66. The number of benzene rings is 1. The monoisotopic (exact) mass is 466 g/mol. The average molecular weight is 466 g/mol. The molecule has 0 unspecified atom stereocenters. The van der Waals surface area contributed by atoms with Gasteiger partial charge < -0.3 is 15.4 Å². The van der Waals surface area contributed by atoms with Crippen molar-refractivity contribution in [2.75, 3.05) is 13.7 Å². The van der Waals surface area contributed by atoms with Gasteiger partial charge in [-0.05, 0) is 42.9 Å². The fourth-order valence-corrected chi connectivity index (χ4v) is 2.54. The largest absolute Gasteiger partial charge is 0.477 e. The van der Waals surface area contributed by atoms with Gasteiger partial charge in [0.25, 0.3) is 0 Å². The third kappa shape index (κ3) is 6.82. The van der Waals surface area contributed by atoms with Crippen molar-refractivity contribution in [3.63, 3.8) is 0 Å². The van der Waals surface area contributed by atoms with Gasteiger partial charge in [-0.3, -0.25) is 4.99 Å². The lowest BCUT2D eigenvalue weighted by Gasteiger charge is -2.13. The molecule has 1 heterocycles. The number of aryl methyl sites for hydroxylation is 1. The van der Waals surface area contributed by atoms with Crippen LogP contribution in [0, 0.1) is 12.8 Å². The first kappa shape index (κ1) is 20.5. The van der Waals surface area contributed by atoms with E-state index in [2.05, 4.69) is 51.8 Å². The van der Waals surface area contributed by atoms with Crippen LogP contribution in [0.2, 0.25) is 0 Å². The van der Waals surface area contributed by atoms with Crippen LogP contribution < -0.4 is 15.4 Å². The third-order valence-corrected chi connectivity index (χ3v) is 4.19. The second-order valence-corrected chi connectivity index (χ2v) is 6.53. The lowest BCUT2D eigenvalue weighted by molar-refractivity contribution is 0.288. The van der Waals surface area contributed by atoms with Gasteiger partial charge in [-0.25, -0.2) is 4.98 Å². The zero-order valence-electron chi connectivity index (χ0n) is 15.4. The summed E-state index contributed by atoms with van der Waals surface area (Å²) in [5.41, 5.74) is 3.62. The molecule has 0 atom stereocenters. The number of ether oxygens (including phenoxy) is 1. The van der Waals surface area contributed by atoms with E-state index >= 15 is 0 Å². The van der Waals surface area contributed by atoms with Crippen molar-refractivity contribution in [1.82, 2.24) is 15.6 Å². The predicted molar refractivity (Wildman–Crippen MR) is 116 cm³/mol. The Balaban J connectivity index is 0.00000243. The maximum Gasteiger partial charge on any atom is 0.213 e. The van der Waals surface area contributed by atoms with Crippen molar-refractivity contribution in [1.29, 1.82) is 0 Å². The second-order valence-electron chi connectivity index (χ2n) is 6.53. The summed E-state index contributed by atoms with van der Waals surface area (Å²) in [6, 6.07) is 12.4. The van der Waals surface area contributed by atoms with Gasteiger partial charge in [0.15, 0.2) is 5.96 Å². The van der Waals surface area contributed by atoms with E-state index < -0.39 is 0 Å². The molecule has 0 spiro atoms. The van der Waals surface area contributed by atoms with E-state index in [-0.39, 0.29) is 24.0 Å². The number of nitrogens with zero attached hydrogens (tertiary/aromatic N) is 2. The van der Waals surface area contributed by atoms with Gasteiger partial charge in [0, 0.05) is 32.4 Å². The molecular weight excluding hydrogens is 439 g/mol. The molecule has 1 aliphatic rings. The van der Waals surface area contributed by atoms with Crippen LogP contribution in [0.5, 0.6) is 5.88 Å². The van der Waals surface area contributed by atoms with Crippen LogP contribution in [0.25, 0.3) is 0 Å². The smallest absolute Gasteiger partial charge is 0.213 e. The Kier molecular flexibility index (Phi) is 8.15. The molecule has 0 radical (unpaired) electrons. The normalized spacial score (nSPS) is 13.7. The number of nitrogens with one attached hydrogen (secondary N) is 2. The van der Waals surface area contributed by atoms with Crippen LogP contribution in [0.15, 0.2) is 47.6 Å². The highest BCUT2D eigenvalue weighted by molar-refractivity contribution is 14.0. The Hall–Kier alpha value is -1.83. The molecule has 2 aromatic rings. The van der Waals surface area contributed by atoms with E-state index in [1.807, 2.05) is 12.1 Å². The van der Waals surface area contributed by atoms with Crippen LogP contribution in [0.1, 0.15) is 29.5 Å². The minimum atomic E-state index is 0. The third-order valence-electron chi connectivity index (χ3n) is 4.19. The van der Waals surface area contributed by atoms with Gasteiger partial charge in [-0.2, -0.15) is 0 Å². The number of pyridine rings is 1. The Morgan fingerprint density at radius 2 is 1.88 bits per heavy atom. The van der Waals surface area contributed by atoms with E-state index in [1.54, 1.807) is 13.2 Å². The minimum Gasteiger partial charge on any atom is -0.477 e. The number of aromatic nitrogens is 1. The summed E-state index contributed by atoms with van der Waals surface area (Å²) in [5.74, 6) is 2.21. The lowest BCUT2D eigenvalue weighted by Crippen LogP contribution is -2.36. The highest BCUT2D eigenvalue weighted by Gasteiger charge is 2.22. The van der Waals surface area contributed by atoms with E-state index in [0.29, 0.717) is 12.4 Å². The summed E-state index contributed by atoms with van der Waals surface area (Å²) >= 11 is 0. The first-order chi connectivity index (χ1) is 12.2. The molecule has 0 saturated heterocycles. The Labute approximate surface area is 172 Å². The average Bonchev–Trinajstić information content (AvgIpc) is 3.45. The molecule has 1 fully saturated rings. The highest BCUT2D eigenvalue weighted by atomic mass is 127. The van der Waals surface area contributed by atoms with Crippen LogP contribution in [-0.4, -0.2) is 24.6 Å². The summed E-state index contributed by atoms with van der Waals surface area (Å²) in [6.07, 6.45) is 4.36. The van der Waals surface area contributed by atoms with Crippen LogP contribution in [-0.2, 0) is 13.1 Å². The van der Waals surface area contributed by atoms with Crippen molar-refractivity contribution in [3.05, 3.63) is 59.3 Å². The summed E-state index contributed by atoms with van der Waals surface area (Å²) in [7, 11) is 1.78. The van der Waals surface area contributed by atoms with Crippen LogP contribution in [0.4, 0.5) is 0 Å². The van der Waals surface area contributed by atoms with Gasteiger partial charge in [0.1, 0.15) is 0 Å². The van der Waals surface area contributed by atoms with Gasteiger partial charge in [0.05, 0.1) is 6.61 Å². The molecule has 2 N–H and O–H groups in total.